The van der Waals surface area contributed by atoms with Gasteiger partial charge in [-0.2, -0.15) is 5.10 Å². The molecule has 0 bridgehead atoms. The number of methoxy groups -OCH3 is 2. The van der Waals surface area contributed by atoms with E-state index in [2.05, 4.69) is 21.2 Å². The van der Waals surface area contributed by atoms with Crippen LogP contribution in [0.5, 0.6) is 0 Å². The van der Waals surface area contributed by atoms with Crippen LogP contribution in [-0.2, 0) is 23.9 Å². The summed E-state index contributed by atoms with van der Waals surface area (Å²) in [6, 6.07) is 0. The Balaban J connectivity index is 4.01. The van der Waals surface area contributed by atoms with Crippen molar-refractivity contribution in [2.75, 3.05) is 40.5 Å². The molecule has 0 fully saturated rings. The monoisotopic (exact) mass is 302 g/mol. The van der Waals surface area contributed by atoms with Gasteiger partial charge in [-0.25, -0.2) is 5.43 Å². The van der Waals surface area contributed by atoms with Crippen molar-refractivity contribution >= 4 is 23.4 Å². The van der Waals surface area contributed by atoms with Gasteiger partial charge in [0.2, 0.25) is 5.91 Å². The number of nitrogens with zero attached hydrogens (tertiary/aromatic N) is 1. The van der Waals surface area contributed by atoms with Gasteiger partial charge in [0.05, 0.1) is 19.6 Å². The minimum atomic E-state index is -0.898. The third-order valence-electron chi connectivity index (χ3n) is 2.19. The zero-order valence-corrected chi connectivity index (χ0v) is 12.5. The smallest absolute Gasteiger partial charge is 0.329 e. The molecule has 0 spiro atoms. The third-order valence-corrected chi connectivity index (χ3v) is 2.19. The van der Waals surface area contributed by atoms with E-state index in [1.54, 1.807) is 6.92 Å². The fourth-order valence-corrected chi connectivity index (χ4v) is 1.17. The van der Waals surface area contributed by atoms with Gasteiger partial charge in [0, 0.05) is 33.0 Å². The van der Waals surface area contributed by atoms with Crippen LogP contribution in [0.1, 0.15) is 13.3 Å². The molecule has 0 aromatic carbocycles. The molecule has 9 nitrogen and oxygen atoms in total. The fourth-order valence-electron chi connectivity index (χ4n) is 1.17. The third kappa shape index (κ3) is 10.4. The van der Waals surface area contributed by atoms with Crippen LogP contribution in [0.15, 0.2) is 5.10 Å². The van der Waals surface area contributed by atoms with Crippen LogP contribution >= 0.6 is 0 Å². The lowest BCUT2D eigenvalue weighted by Gasteiger charge is -2.05. The van der Waals surface area contributed by atoms with Crippen molar-refractivity contribution < 1.29 is 23.9 Å². The molecule has 0 radical (unpaired) electrons. The highest BCUT2D eigenvalue weighted by atomic mass is 16.5. The highest BCUT2D eigenvalue weighted by molar-refractivity contribution is 6.35. The number of rotatable bonds is 9. The van der Waals surface area contributed by atoms with Crippen LogP contribution in [0.2, 0.25) is 0 Å². The summed E-state index contributed by atoms with van der Waals surface area (Å²) in [6.07, 6.45) is 0.0231. The highest BCUT2D eigenvalue weighted by Crippen LogP contribution is 1.85. The Morgan fingerprint density at radius 2 is 1.52 bits per heavy atom. The fraction of sp³-hybridized carbons (Fsp3) is 0.667. The predicted octanol–water partition coefficient (Wildman–Crippen LogP) is -1.61. The van der Waals surface area contributed by atoms with Gasteiger partial charge < -0.3 is 20.1 Å². The molecule has 3 N–H and O–H groups in total. The predicted molar refractivity (Wildman–Crippen MR) is 75.6 cm³/mol. The highest BCUT2D eigenvalue weighted by Gasteiger charge is 2.12. The lowest BCUT2D eigenvalue weighted by atomic mass is 10.3. The Kier molecular flexibility index (Phi) is 10.7. The molecule has 3 amide bonds. The summed E-state index contributed by atoms with van der Waals surface area (Å²) in [5, 5.41) is 8.63. The molecule has 0 unspecified atom stereocenters. The number of hydrazone groups is 1. The van der Waals surface area contributed by atoms with Gasteiger partial charge in [-0.3, -0.25) is 14.4 Å². The van der Waals surface area contributed by atoms with E-state index in [9.17, 15) is 14.4 Å². The van der Waals surface area contributed by atoms with Gasteiger partial charge >= 0.3 is 11.8 Å². The Labute approximate surface area is 123 Å². The summed E-state index contributed by atoms with van der Waals surface area (Å²) in [5.41, 5.74) is 2.45. The zero-order valence-electron chi connectivity index (χ0n) is 12.5. The topological polar surface area (TPSA) is 118 Å². The Hall–Kier alpha value is -2.00. The molecule has 0 atom stereocenters. The molecular formula is C12H22N4O5. The van der Waals surface area contributed by atoms with Crippen molar-refractivity contribution in [1.29, 1.82) is 0 Å². The van der Waals surface area contributed by atoms with Gasteiger partial charge in [0.1, 0.15) is 0 Å². The summed E-state index contributed by atoms with van der Waals surface area (Å²) < 4.78 is 9.51. The molecule has 0 aliphatic heterocycles. The lowest BCUT2D eigenvalue weighted by Crippen LogP contribution is -2.39. The molecule has 0 saturated heterocycles. The normalized spacial score (nSPS) is 10.9. The number of hydrogen-bond acceptors (Lipinski definition) is 6. The zero-order chi connectivity index (χ0) is 16.1. The molecule has 0 rings (SSSR count). The number of nitrogens with one attached hydrogen (secondary N) is 3. The van der Waals surface area contributed by atoms with Crippen molar-refractivity contribution in [3.63, 3.8) is 0 Å². The van der Waals surface area contributed by atoms with E-state index in [0.717, 1.165) is 0 Å². The van der Waals surface area contributed by atoms with E-state index in [1.807, 2.05) is 0 Å². The summed E-state index contributed by atoms with van der Waals surface area (Å²) in [6.45, 7) is 2.92. The second-order valence-electron chi connectivity index (χ2n) is 4.06. The standard InChI is InChI=1S/C12H22N4O5/c1-9(8-10(17)13-4-6-20-2)15-16-12(19)11(18)14-5-7-21-3/h4-8H2,1-3H3,(H,13,17)(H,14,18)(H,16,19). The van der Waals surface area contributed by atoms with Crippen molar-refractivity contribution in [2.24, 2.45) is 5.10 Å². The van der Waals surface area contributed by atoms with Crippen LogP contribution in [0.4, 0.5) is 0 Å². The number of hydrogen-bond donors (Lipinski definition) is 3. The molecule has 9 heteroatoms. The van der Waals surface area contributed by atoms with Crippen LogP contribution in [-0.4, -0.2) is 64.0 Å². The minimum Gasteiger partial charge on any atom is -0.383 e. The average molecular weight is 302 g/mol. The number of carbonyl (C=O) groups is 3. The Bertz CT molecular complexity index is 384. The van der Waals surface area contributed by atoms with E-state index < -0.39 is 11.8 Å². The van der Waals surface area contributed by atoms with E-state index >= 15 is 0 Å². The van der Waals surface area contributed by atoms with Crippen LogP contribution in [0, 0.1) is 0 Å². The first-order valence-electron chi connectivity index (χ1n) is 6.37. The summed E-state index contributed by atoms with van der Waals surface area (Å²) in [5.74, 6) is -1.95. The van der Waals surface area contributed by atoms with Gasteiger partial charge in [0.25, 0.3) is 0 Å². The van der Waals surface area contributed by atoms with E-state index in [0.29, 0.717) is 25.5 Å². The molecule has 0 aliphatic rings. The summed E-state index contributed by atoms with van der Waals surface area (Å²) in [4.78, 5) is 34.1. The van der Waals surface area contributed by atoms with Gasteiger partial charge in [0.15, 0.2) is 0 Å². The quantitative estimate of drug-likeness (QED) is 0.205. The van der Waals surface area contributed by atoms with Crippen LogP contribution < -0.4 is 16.1 Å². The largest absolute Gasteiger partial charge is 0.383 e. The SMILES string of the molecule is COCCNC(=O)CC(C)=NNC(=O)C(=O)NCCOC. The minimum absolute atomic E-state index is 0.0231. The van der Waals surface area contributed by atoms with E-state index in [1.165, 1.54) is 14.2 Å². The average Bonchev–Trinajstić information content (AvgIpc) is 2.45. The van der Waals surface area contributed by atoms with Crippen LogP contribution in [0.25, 0.3) is 0 Å². The van der Waals surface area contributed by atoms with E-state index in [-0.39, 0.29) is 18.9 Å². The van der Waals surface area contributed by atoms with Crippen molar-refractivity contribution in [3.05, 3.63) is 0 Å². The maximum absolute atomic E-state index is 11.4. The number of carbonyl (C=O) groups excluding carboxylic acids is 3. The van der Waals surface area contributed by atoms with Gasteiger partial charge in [-0.15, -0.1) is 0 Å². The molecule has 0 aromatic rings. The summed E-state index contributed by atoms with van der Waals surface area (Å²) >= 11 is 0. The van der Waals surface area contributed by atoms with Crippen molar-refractivity contribution in [1.82, 2.24) is 16.1 Å². The van der Waals surface area contributed by atoms with Crippen molar-refractivity contribution in [3.8, 4) is 0 Å². The first-order valence-corrected chi connectivity index (χ1v) is 6.37. The molecule has 120 valence electrons. The second kappa shape index (κ2) is 11.8. The Morgan fingerprint density at radius 1 is 0.952 bits per heavy atom. The van der Waals surface area contributed by atoms with Crippen molar-refractivity contribution in [2.45, 2.75) is 13.3 Å². The second-order valence-corrected chi connectivity index (χ2v) is 4.06. The molecule has 21 heavy (non-hydrogen) atoms. The first-order chi connectivity index (χ1) is 10.0. The molecule has 0 heterocycles. The number of amides is 3. The lowest BCUT2D eigenvalue weighted by molar-refractivity contribution is -0.139. The van der Waals surface area contributed by atoms with E-state index in [4.69, 9.17) is 9.47 Å². The maximum Gasteiger partial charge on any atom is 0.329 e. The number of ether oxygens (including phenoxy) is 2. The van der Waals surface area contributed by atoms with Gasteiger partial charge in [-0.1, -0.05) is 0 Å². The van der Waals surface area contributed by atoms with Crippen LogP contribution in [0.3, 0.4) is 0 Å². The molecule has 0 aromatic heterocycles. The van der Waals surface area contributed by atoms with Gasteiger partial charge in [-0.05, 0) is 6.92 Å². The summed E-state index contributed by atoms with van der Waals surface area (Å²) in [7, 11) is 3.02. The molecule has 0 aliphatic carbocycles. The maximum atomic E-state index is 11.4. The molecular weight excluding hydrogens is 280 g/mol. The first kappa shape index (κ1) is 19.0. The Morgan fingerprint density at radius 3 is 2.10 bits per heavy atom. The molecule has 0 saturated carbocycles.